The summed E-state index contributed by atoms with van der Waals surface area (Å²) >= 11 is 2.34. The second-order valence-electron chi connectivity index (χ2n) is 4.67. The van der Waals surface area contributed by atoms with Crippen LogP contribution < -0.4 is 0 Å². The largest absolute Gasteiger partial charge is 0.240 e. The topological polar surface area (TPSA) is 58.9 Å². The van der Waals surface area contributed by atoms with Gasteiger partial charge in [-0.2, -0.15) is 4.99 Å². The van der Waals surface area contributed by atoms with E-state index in [4.69, 9.17) is 0 Å². The van der Waals surface area contributed by atoms with Gasteiger partial charge in [0.25, 0.3) is 0 Å². The molecular weight excluding hydrogens is 379 g/mol. The van der Waals surface area contributed by atoms with Crippen LogP contribution in [0.4, 0.5) is 5.69 Å². The van der Waals surface area contributed by atoms with Gasteiger partial charge in [-0.3, -0.25) is 0 Å². The molecule has 0 aromatic heterocycles. The average molecular weight is 400 g/mol. The third-order valence-corrected chi connectivity index (χ3v) is 3.52. The Morgan fingerprint density at radius 2 is 1.62 bits per heavy atom. The molecule has 0 radical (unpaired) electrons. The van der Waals surface area contributed by atoms with Gasteiger partial charge in [0.15, 0.2) is 0 Å². The molecule has 1 aromatic carbocycles. The van der Waals surface area contributed by atoms with Gasteiger partial charge in [-0.05, 0) is 49.2 Å². The fourth-order valence-electron chi connectivity index (χ4n) is 1.90. The number of aliphatic imine (C=N–C) groups is 2. The van der Waals surface area contributed by atoms with E-state index in [2.05, 4.69) is 32.6 Å². The molecule has 0 fully saturated rings. The summed E-state index contributed by atoms with van der Waals surface area (Å²) in [5, 5.41) is 0. The van der Waals surface area contributed by atoms with E-state index in [1.807, 2.05) is 32.9 Å². The fourth-order valence-corrected chi connectivity index (χ4v) is 2.44. The maximum absolute atomic E-state index is 10.1. The summed E-state index contributed by atoms with van der Waals surface area (Å²) in [6.07, 6.45) is 6.51. The Hall–Kier alpha value is -1.29. The van der Waals surface area contributed by atoms with Crippen LogP contribution in [0.25, 0.3) is 0 Å². The number of hydrogen-bond acceptors (Lipinski definition) is 4. The standard InChI is InChI=1S/C10H11NO.C6H10INO/c1-7-4-8(2)10(11-6-12)9(3)5-7;7-4-2-1-3-5-8-6-9/h4-5H,1-3H3;1-5H2. The Morgan fingerprint density at radius 3 is 2.10 bits per heavy atom. The van der Waals surface area contributed by atoms with Gasteiger partial charge in [0, 0.05) is 0 Å². The number of halogens is 1. The Bertz CT molecular complexity index is 508. The predicted molar refractivity (Wildman–Crippen MR) is 94.2 cm³/mol. The van der Waals surface area contributed by atoms with Crippen LogP contribution >= 0.6 is 22.6 Å². The fraction of sp³-hybridized carbons (Fsp3) is 0.500. The maximum Gasteiger partial charge on any atom is 0.240 e. The number of nitrogens with zero attached hydrogens (tertiary/aromatic N) is 2. The van der Waals surface area contributed by atoms with Crippen LogP contribution in [0.15, 0.2) is 22.1 Å². The number of benzene rings is 1. The maximum atomic E-state index is 10.1. The zero-order valence-electron chi connectivity index (χ0n) is 12.8. The molecule has 0 atom stereocenters. The van der Waals surface area contributed by atoms with Crippen molar-refractivity contribution < 1.29 is 9.59 Å². The summed E-state index contributed by atoms with van der Waals surface area (Å²) in [4.78, 5) is 26.7. The normalized spacial score (nSPS) is 8.95. The van der Waals surface area contributed by atoms with Crippen molar-refractivity contribution >= 4 is 40.4 Å². The van der Waals surface area contributed by atoms with Crippen molar-refractivity contribution in [1.82, 2.24) is 0 Å². The number of rotatable bonds is 6. The first-order valence-electron chi connectivity index (χ1n) is 6.82. The van der Waals surface area contributed by atoms with Crippen LogP contribution in [-0.4, -0.2) is 23.1 Å². The van der Waals surface area contributed by atoms with Gasteiger partial charge in [-0.25, -0.2) is 14.6 Å². The quantitative estimate of drug-likeness (QED) is 0.232. The highest BCUT2D eigenvalue weighted by Crippen LogP contribution is 2.23. The van der Waals surface area contributed by atoms with Gasteiger partial charge in [-0.15, -0.1) is 0 Å². The molecule has 1 aromatic rings. The lowest BCUT2D eigenvalue weighted by Gasteiger charge is -2.03. The number of carbonyl (C=O) groups excluding carboxylic acids is 2. The van der Waals surface area contributed by atoms with Crippen LogP contribution in [0.3, 0.4) is 0 Å². The van der Waals surface area contributed by atoms with Crippen molar-refractivity contribution in [1.29, 1.82) is 0 Å². The molecule has 0 aliphatic heterocycles. The monoisotopic (exact) mass is 400 g/mol. The molecule has 0 aliphatic rings. The summed E-state index contributed by atoms with van der Waals surface area (Å²) < 4.78 is 1.20. The number of isocyanates is 2. The van der Waals surface area contributed by atoms with Crippen molar-refractivity contribution in [2.75, 3.05) is 11.0 Å². The van der Waals surface area contributed by atoms with Gasteiger partial charge >= 0.3 is 0 Å². The molecule has 0 saturated carbocycles. The lowest BCUT2D eigenvalue weighted by Crippen LogP contribution is -1.82. The first-order valence-corrected chi connectivity index (χ1v) is 8.34. The van der Waals surface area contributed by atoms with E-state index in [9.17, 15) is 9.59 Å². The van der Waals surface area contributed by atoms with E-state index in [1.54, 1.807) is 6.08 Å². The minimum absolute atomic E-state index is 0.653. The van der Waals surface area contributed by atoms with E-state index in [0.29, 0.717) is 6.54 Å². The van der Waals surface area contributed by atoms with E-state index < -0.39 is 0 Å². The first kappa shape index (κ1) is 19.7. The number of hydrogen-bond donors (Lipinski definition) is 0. The third-order valence-electron chi connectivity index (χ3n) is 2.76. The summed E-state index contributed by atoms with van der Waals surface area (Å²) in [5.41, 5.74) is 3.98. The van der Waals surface area contributed by atoms with E-state index in [-0.39, 0.29) is 0 Å². The van der Waals surface area contributed by atoms with Crippen molar-refractivity contribution in [3.8, 4) is 0 Å². The zero-order valence-corrected chi connectivity index (χ0v) is 14.9. The van der Waals surface area contributed by atoms with Gasteiger partial charge in [0.1, 0.15) is 0 Å². The van der Waals surface area contributed by atoms with E-state index in [1.165, 1.54) is 28.9 Å². The van der Waals surface area contributed by atoms with Gasteiger partial charge < -0.3 is 0 Å². The highest BCUT2D eigenvalue weighted by Gasteiger charge is 2.00. The molecule has 0 saturated heterocycles. The molecular formula is C16H21IN2O2. The predicted octanol–water partition coefficient (Wildman–Crippen LogP) is 4.51. The number of unbranched alkanes of at least 4 members (excludes halogenated alkanes) is 2. The minimum atomic E-state index is 0.653. The van der Waals surface area contributed by atoms with Crippen molar-refractivity contribution in [3.63, 3.8) is 0 Å². The molecule has 0 spiro atoms. The number of alkyl halides is 1. The van der Waals surface area contributed by atoms with Crippen molar-refractivity contribution in [2.45, 2.75) is 40.0 Å². The van der Waals surface area contributed by atoms with Crippen LogP contribution in [0, 0.1) is 20.8 Å². The van der Waals surface area contributed by atoms with Crippen LogP contribution in [0.2, 0.25) is 0 Å². The third kappa shape index (κ3) is 9.29. The molecule has 0 bridgehead atoms. The smallest absolute Gasteiger partial charge is 0.211 e. The first-order chi connectivity index (χ1) is 10.1. The van der Waals surface area contributed by atoms with Gasteiger partial charge in [0.05, 0.1) is 12.2 Å². The van der Waals surface area contributed by atoms with Crippen molar-refractivity contribution in [2.24, 2.45) is 9.98 Å². The zero-order chi connectivity index (χ0) is 16.1. The summed E-state index contributed by atoms with van der Waals surface area (Å²) in [7, 11) is 0. The molecule has 0 unspecified atom stereocenters. The van der Waals surface area contributed by atoms with Gasteiger partial charge in [-0.1, -0.05) is 46.7 Å². The molecule has 0 heterocycles. The molecule has 0 aliphatic carbocycles. The molecule has 1 rings (SSSR count). The number of aryl methyl sites for hydroxylation is 3. The van der Waals surface area contributed by atoms with E-state index >= 15 is 0 Å². The second-order valence-corrected chi connectivity index (χ2v) is 5.75. The Labute approximate surface area is 139 Å². The van der Waals surface area contributed by atoms with Crippen molar-refractivity contribution in [3.05, 3.63) is 28.8 Å². The molecule has 4 nitrogen and oxygen atoms in total. The molecule has 0 amide bonds. The minimum Gasteiger partial charge on any atom is -0.211 e. The highest BCUT2D eigenvalue weighted by molar-refractivity contribution is 14.1. The highest BCUT2D eigenvalue weighted by atomic mass is 127. The van der Waals surface area contributed by atoms with Crippen LogP contribution in [-0.2, 0) is 9.59 Å². The summed E-state index contributed by atoms with van der Waals surface area (Å²) in [6.45, 7) is 6.56. The van der Waals surface area contributed by atoms with Crippen LogP contribution in [0.1, 0.15) is 36.0 Å². The average Bonchev–Trinajstić information content (AvgIpc) is 2.43. The summed E-state index contributed by atoms with van der Waals surface area (Å²) in [6, 6.07) is 4.01. The Kier molecular flexibility index (Phi) is 11.7. The Morgan fingerprint density at radius 1 is 1.00 bits per heavy atom. The Balaban J connectivity index is 0.000000400. The van der Waals surface area contributed by atoms with Crippen LogP contribution in [0.5, 0.6) is 0 Å². The van der Waals surface area contributed by atoms with Gasteiger partial charge in [0.2, 0.25) is 12.2 Å². The lowest BCUT2D eigenvalue weighted by atomic mass is 10.1. The molecule has 21 heavy (non-hydrogen) atoms. The lowest BCUT2D eigenvalue weighted by molar-refractivity contribution is 0.561. The summed E-state index contributed by atoms with van der Waals surface area (Å²) in [5.74, 6) is 0. The SMILES string of the molecule is Cc1cc(C)c(N=C=O)c(C)c1.O=C=NCCCCCI. The molecule has 5 heteroatoms. The molecule has 114 valence electrons. The van der Waals surface area contributed by atoms with E-state index in [0.717, 1.165) is 23.2 Å². The second kappa shape index (κ2) is 12.5. The molecule has 0 N–H and O–H groups in total.